The Balaban J connectivity index is 1.53. The molecule has 1 aliphatic carbocycles. The molecule has 0 spiro atoms. The van der Waals surface area contributed by atoms with Crippen molar-refractivity contribution in [2.45, 2.75) is 24.8 Å². The van der Waals surface area contributed by atoms with Crippen molar-refractivity contribution >= 4 is 23.4 Å². The number of halogens is 2. The first-order chi connectivity index (χ1) is 14.9. The Morgan fingerprint density at radius 2 is 1.68 bits per heavy atom. The zero-order valence-corrected chi connectivity index (χ0v) is 18.3. The van der Waals surface area contributed by atoms with Gasteiger partial charge < -0.3 is 15.1 Å². The van der Waals surface area contributed by atoms with Crippen LogP contribution in [0.1, 0.15) is 34.7 Å². The molecule has 0 unspecified atom stereocenters. The first-order valence-electron chi connectivity index (χ1n) is 10.7. The molecule has 1 saturated heterocycles. The Labute approximate surface area is 187 Å². The average molecular weight is 444 g/mol. The summed E-state index contributed by atoms with van der Waals surface area (Å²) >= 11 is 6.18. The van der Waals surface area contributed by atoms with E-state index in [9.17, 15) is 14.0 Å². The maximum Gasteiger partial charge on any atom is 0.253 e. The zero-order valence-electron chi connectivity index (χ0n) is 17.6. The molecule has 164 valence electrons. The monoisotopic (exact) mass is 443 g/mol. The summed E-state index contributed by atoms with van der Waals surface area (Å²) in [4.78, 5) is 30.3. The number of nitrogens with zero attached hydrogens (tertiary/aromatic N) is 2. The summed E-state index contributed by atoms with van der Waals surface area (Å²) in [5, 5.41) is 3.47. The van der Waals surface area contributed by atoms with Gasteiger partial charge in [-0.3, -0.25) is 9.59 Å². The summed E-state index contributed by atoms with van der Waals surface area (Å²) in [6.07, 6.45) is 1.19. The van der Waals surface area contributed by atoms with Gasteiger partial charge in [0.2, 0.25) is 5.91 Å². The largest absolute Gasteiger partial charge is 0.349 e. The molecule has 0 radical (unpaired) electrons. The zero-order chi connectivity index (χ0) is 22.0. The lowest BCUT2D eigenvalue weighted by Crippen LogP contribution is -2.49. The van der Waals surface area contributed by atoms with E-state index in [-0.39, 0.29) is 35.5 Å². The molecule has 1 saturated carbocycles. The van der Waals surface area contributed by atoms with Crippen molar-refractivity contribution in [1.29, 1.82) is 0 Å². The van der Waals surface area contributed by atoms with Crippen LogP contribution in [0.3, 0.4) is 0 Å². The van der Waals surface area contributed by atoms with E-state index >= 15 is 0 Å². The van der Waals surface area contributed by atoms with Crippen LogP contribution in [0.5, 0.6) is 0 Å². The van der Waals surface area contributed by atoms with E-state index in [0.29, 0.717) is 36.5 Å². The summed E-state index contributed by atoms with van der Waals surface area (Å²) in [6.45, 7) is 3.12. The number of hydrogen-bond donors (Lipinski definition) is 1. The number of rotatable bonds is 4. The van der Waals surface area contributed by atoms with Crippen molar-refractivity contribution in [3.05, 3.63) is 70.5 Å². The van der Waals surface area contributed by atoms with Gasteiger partial charge in [0, 0.05) is 38.1 Å². The second-order valence-corrected chi connectivity index (χ2v) is 8.92. The molecular formula is C24H27ClFN3O2. The molecule has 5 nitrogen and oxygen atoms in total. The van der Waals surface area contributed by atoms with E-state index in [4.69, 9.17) is 11.6 Å². The number of nitrogens with one attached hydrogen (secondary N) is 1. The Hall–Kier alpha value is -2.44. The van der Waals surface area contributed by atoms with Crippen molar-refractivity contribution in [2.24, 2.45) is 5.92 Å². The fraction of sp³-hybridized carbons (Fsp3) is 0.417. The van der Waals surface area contributed by atoms with Crippen LogP contribution in [0.4, 0.5) is 4.39 Å². The van der Waals surface area contributed by atoms with E-state index in [1.54, 1.807) is 36.4 Å². The normalized spacial score (nSPS) is 24.2. The maximum atomic E-state index is 13.5. The third-order valence-corrected chi connectivity index (χ3v) is 6.78. The molecule has 2 fully saturated rings. The summed E-state index contributed by atoms with van der Waals surface area (Å²) in [5.41, 5.74) is 1.36. The SMILES string of the molecule is CN1CCN(C(=O)[C@H]2C[C@@H](NC(=O)c3ccccc3Cl)C[C@@H]2c2ccc(F)cc2)CC1. The van der Waals surface area contributed by atoms with Crippen LogP contribution in [0, 0.1) is 11.7 Å². The second kappa shape index (κ2) is 9.37. The average Bonchev–Trinajstić information content (AvgIpc) is 3.18. The molecule has 1 aliphatic heterocycles. The van der Waals surface area contributed by atoms with Gasteiger partial charge in [0.05, 0.1) is 10.6 Å². The molecule has 4 rings (SSSR count). The quantitative estimate of drug-likeness (QED) is 0.786. The molecule has 2 amide bonds. The topological polar surface area (TPSA) is 52.6 Å². The number of carbonyl (C=O) groups excluding carboxylic acids is 2. The van der Waals surface area contributed by atoms with Crippen molar-refractivity contribution in [3.8, 4) is 0 Å². The third-order valence-electron chi connectivity index (χ3n) is 6.45. The lowest BCUT2D eigenvalue weighted by Gasteiger charge is -2.35. The van der Waals surface area contributed by atoms with Gasteiger partial charge in [-0.1, -0.05) is 35.9 Å². The summed E-state index contributed by atoms with van der Waals surface area (Å²) < 4.78 is 13.5. The van der Waals surface area contributed by atoms with Crippen LogP contribution in [0.2, 0.25) is 5.02 Å². The smallest absolute Gasteiger partial charge is 0.253 e. The molecule has 0 bridgehead atoms. The summed E-state index contributed by atoms with van der Waals surface area (Å²) in [7, 11) is 2.05. The summed E-state index contributed by atoms with van der Waals surface area (Å²) in [6, 6.07) is 13.2. The maximum absolute atomic E-state index is 13.5. The highest BCUT2D eigenvalue weighted by Gasteiger charge is 2.42. The third kappa shape index (κ3) is 4.91. The first-order valence-corrected chi connectivity index (χ1v) is 11.1. The van der Waals surface area contributed by atoms with Crippen molar-refractivity contribution in [3.63, 3.8) is 0 Å². The minimum absolute atomic E-state index is 0.0655. The summed E-state index contributed by atoms with van der Waals surface area (Å²) in [5.74, 6) is -0.722. The van der Waals surface area contributed by atoms with E-state index in [1.165, 1.54) is 12.1 Å². The van der Waals surface area contributed by atoms with Gasteiger partial charge in [0.25, 0.3) is 5.91 Å². The lowest BCUT2D eigenvalue weighted by atomic mass is 9.87. The number of benzene rings is 2. The molecule has 1 heterocycles. The number of likely N-dealkylation sites (N-methyl/N-ethyl adjacent to an activating group) is 1. The van der Waals surface area contributed by atoms with Gasteiger partial charge in [0.1, 0.15) is 5.82 Å². The van der Waals surface area contributed by atoms with E-state index in [2.05, 4.69) is 17.3 Å². The van der Waals surface area contributed by atoms with Crippen molar-refractivity contribution < 1.29 is 14.0 Å². The Kier molecular flexibility index (Phi) is 6.58. The molecule has 2 aliphatic rings. The minimum Gasteiger partial charge on any atom is -0.349 e. The van der Waals surface area contributed by atoms with Crippen molar-refractivity contribution in [2.75, 3.05) is 33.2 Å². The molecule has 2 aromatic rings. The highest BCUT2D eigenvalue weighted by atomic mass is 35.5. The van der Waals surface area contributed by atoms with Crippen LogP contribution < -0.4 is 5.32 Å². The standard InChI is InChI=1S/C24H27ClFN3O2/c1-28-10-12-29(13-11-28)24(31)21-15-18(14-20(21)16-6-8-17(26)9-7-16)27-23(30)19-4-2-3-5-22(19)25/h2-9,18,20-21H,10-15H2,1H3,(H,27,30)/t18-,20+,21-/m0/s1. The molecule has 7 heteroatoms. The molecule has 2 aromatic carbocycles. The van der Waals surface area contributed by atoms with Gasteiger partial charge in [-0.25, -0.2) is 4.39 Å². The van der Waals surface area contributed by atoms with Crippen molar-refractivity contribution in [1.82, 2.24) is 15.1 Å². The fourth-order valence-corrected chi connectivity index (χ4v) is 4.90. The van der Waals surface area contributed by atoms with Crippen LogP contribution >= 0.6 is 11.6 Å². The molecule has 1 N–H and O–H groups in total. The Bertz CT molecular complexity index is 944. The molecular weight excluding hydrogens is 417 g/mol. The predicted octanol–water partition coefficient (Wildman–Crippen LogP) is 3.55. The van der Waals surface area contributed by atoms with Gasteiger partial charge in [-0.15, -0.1) is 0 Å². The molecule has 31 heavy (non-hydrogen) atoms. The minimum atomic E-state index is -0.299. The lowest BCUT2D eigenvalue weighted by molar-refractivity contribution is -0.137. The number of piperazine rings is 1. The Morgan fingerprint density at radius 3 is 2.35 bits per heavy atom. The highest BCUT2D eigenvalue weighted by Crippen LogP contribution is 2.41. The van der Waals surface area contributed by atoms with Gasteiger partial charge >= 0.3 is 0 Å². The predicted molar refractivity (Wildman–Crippen MR) is 119 cm³/mol. The number of carbonyl (C=O) groups is 2. The second-order valence-electron chi connectivity index (χ2n) is 8.51. The van der Waals surface area contributed by atoms with Crippen LogP contribution in [0.15, 0.2) is 48.5 Å². The first kappa shape index (κ1) is 21.8. The van der Waals surface area contributed by atoms with Gasteiger partial charge in [-0.2, -0.15) is 0 Å². The van der Waals surface area contributed by atoms with Crippen LogP contribution in [0.25, 0.3) is 0 Å². The number of hydrogen-bond acceptors (Lipinski definition) is 3. The van der Waals surface area contributed by atoms with E-state index < -0.39 is 0 Å². The Morgan fingerprint density at radius 1 is 1.00 bits per heavy atom. The highest BCUT2D eigenvalue weighted by molar-refractivity contribution is 6.33. The van der Waals surface area contributed by atoms with E-state index in [0.717, 1.165) is 18.7 Å². The van der Waals surface area contributed by atoms with E-state index in [1.807, 2.05) is 4.90 Å². The van der Waals surface area contributed by atoms with Gasteiger partial charge in [0.15, 0.2) is 0 Å². The van der Waals surface area contributed by atoms with Crippen LogP contribution in [-0.2, 0) is 4.79 Å². The fourth-order valence-electron chi connectivity index (χ4n) is 4.68. The van der Waals surface area contributed by atoms with Gasteiger partial charge in [-0.05, 0) is 55.6 Å². The number of amides is 2. The molecule has 0 aromatic heterocycles. The molecule has 3 atom stereocenters. The van der Waals surface area contributed by atoms with Crippen LogP contribution in [-0.4, -0.2) is 60.9 Å².